The smallest absolute Gasteiger partial charge is 0.416 e. The topological polar surface area (TPSA) is 57.4 Å². The van der Waals surface area contributed by atoms with Gasteiger partial charge in [0, 0.05) is 5.56 Å². The van der Waals surface area contributed by atoms with Crippen LogP contribution in [0.15, 0.2) is 47.0 Å². The van der Waals surface area contributed by atoms with Crippen LogP contribution in [0.5, 0.6) is 11.5 Å². The molecule has 1 aromatic heterocycles. The van der Waals surface area contributed by atoms with Crippen LogP contribution in [0.3, 0.4) is 0 Å². The van der Waals surface area contributed by atoms with Crippen molar-refractivity contribution in [1.82, 2.24) is 10.1 Å². The van der Waals surface area contributed by atoms with E-state index < -0.39 is 11.7 Å². The monoisotopic (exact) mass is 364 g/mol. The molecule has 5 nitrogen and oxygen atoms in total. The molecule has 0 atom stereocenters. The van der Waals surface area contributed by atoms with Crippen LogP contribution in [-0.4, -0.2) is 24.4 Å². The number of benzene rings is 2. The zero-order chi connectivity index (χ0) is 18.7. The first-order valence-electron chi connectivity index (χ1n) is 7.62. The Bertz CT molecular complexity index is 889. The van der Waals surface area contributed by atoms with Gasteiger partial charge in [-0.2, -0.15) is 18.2 Å². The quantitative estimate of drug-likeness (QED) is 0.673. The molecular formula is C18H15F3N2O3. The van der Waals surface area contributed by atoms with Crippen molar-refractivity contribution >= 4 is 0 Å². The molecule has 0 fully saturated rings. The Kier molecular flexibility index (Phi) is 4.83. The maximum absolute atomic E-state index is 12.6. The van der Waals surface area contributed by atoms with Gasteiger partial charge in [-0.1, -0.05) is 23.4 Å². The predicted molar refractivity (Wildman–Crippen MR) is 87.1 cm³/mol. The van der Waals surface area contributed by atoms with Gasteiger partial charge in [0.25, 0.3) is 0 Å². The highest BCUT2D eigenvalue weighted by Gasteiger charge is 2.30. The molecule has 0 unspecified atom stereocenters. The minimum Gasteiger partial charge on any atom is -0.493 e. The van der Waals surface area contributed by atoms with E-state index in [1.807, 2.05) is 6.07 Å². The molecule has 0 radical (unpaired) electrons. The first kappa shape index (κ1) is 17.8. The second kappa shape index (κ2) is 7.07. The third-order valence-corrected chi connectivity index (χ3v) is 3.74. The molecule has 3 aromatic rings. The summed E-state index contributed by atoms with van der Waals surface area (Å²) >= 11 is 0. The van der Waals surface area contributed by atoms with Gasteiger partial charge in [-0.15, -0.1) is 0 Å². The lowest BCUT2D eigenvalue weighted by molar-refractivity contribution is -0.137. The average molecular weight is 364 g/mol. The second-order valence-electron chi connectivity index (χ2n) is 5.45. The summed E-state index contributed by atoms with van der Waals surface area (Å²) in [6.07, 6.45) is -4.03. The van der Waals surface area contributed by atoms with E-state index in [1.54, 1.807) is 19.2 Å². The van der Waals surface area contributed by atoms with Crippen LogP contribution in [0.1, 0.15) is 17.0 Å². The summed E-state index contributed by atoms with van der Waals surface area (Å²) in [5.41, 5.74) is 0.584. The molecule has 0 aliphatic rings. The third-order valence-electron chi connectivity index (χ3n) is 3.74. The summed E-state index contributed by atoms with van der Waals surface area (Å²) in [4.78, 5) is 4.23. The van der Waals surface area contributed by atoms with Crippen molar-refractivity contribution in [2.45, 2.75) is 12.6 Å². The molecular weight excluding hydrogens is 349 g/mol. The first-order valence-corrected chi connectivity index (χ1v) is 7.62. The van der Waals surface area contributed by atoms with E-state index in [0.717, 1.165) is 17.7 Å². The molecule has 0 aliphatic heterocycles. The number of methoxy groups -OCH3 is 2. The Morgan fingerprint density at radius 3 is 2.27 bits per heavy atom. The summed E-state index contributed by atoms with van der Waals surface area (Å²) in [5, 5.41) is 3.83. The molecule has 8 heteroatoms. The van der Waals surface area contributed by atoms with Crippen LogP contribution in [-0.2, 0) is 12.6 Å². The standard InChI is InChI=1S/C18H15F3N2O3/c1-24-14-8-3-11(9-15(14)25-2)10-16-22-17(23-26-16)12-4-6-13(7-5-12)18(19,20)21/h3-9H,10H2,1-2H3. The molecule has 3 rings (SSSR count). The van der Waals surface area contributed by atoms with Crippen molar-refractivity contribution in [2.75, 3.05) is 14.2 Å². The van der Waals surface area contributed by atoms with Gasteiger partial charge in [0.1, 0.15) is 0 Å². The summed E-state index contributed by atoms with van der Waals surface area (Å²) < 4.78 is 53.5. The number of hydrogen-bond donors (Lipinski definition) is 0. The maximum atomic E-state index is 12.6. The first-order chi connectivity index (χ1) is 12.4. The fourth-order valence-electron chi connectivity index (χ4n) is 2.42. The van der Waals surface area contributed by atoms with Gasteiger partial charge >= 0.3 is 6.18 Å². The fraction of sp³-hybridized carbons (Fsp3) is 0.222. The van der Waals surface area contributed by atoms with Crippen LogP contribution in [0.2, 0.25) is 0 Å². The Morgan fingerprint density at radius 1 is 0.962 bits per heavy atom. The number of halogens is 3. The Morgan fingerprint density at radius 2 is 1.65 bits per heavy atom. The lowest BCUT2D eigenvalue weighted by Gasteiger charge is -2.08. The molecule has 0 saturated heterocycles. The summed E-state index contributed by atoms with van der Waals surface area (Å²) in [5.74, 6) is 1.75. The molecule has 0 amide bonds. The molecule has 0 bridgehead atoms. The zero-order valence-corrected chi connectivity index (χ0v) is 14.0. The van der Waals surface area contributed by atoms with E-state index in [2.05, 4.69) is 10.1 Å². The number of aromatic nitrogens is 2. The van der Waals surface area contributed by atoms with Crippen LogP contribution >= 0.6 is 0 Å². The zero-order valence-electron chi connectivity index (χ0n) is 14.0. The van der Waals surface area contributed by atoms with Crippen molar-refractivity contribution in [3.63, 3.8) is 0 Å². The molecule has 136 valence electrons. The van der Waals surface area contributed by atoms with Gasteiger partial charge in [0.05, 0.1) is 26.2 Å². The minimum absolute atomic E-state index is 0.231. The summed E-state index contributed by atoms with van der Waals surface area (Å²) in [6, 6.07) is 9.99. The minimum atomic E-state index is -4.38. The Hall–Kier alpha value is -3.03. The van der Waals surface area contributed by atoms with Crippen molar-refractivity contribution in [3.05, 3.63) is 59.5 Å². The normalized spacial score (nSPS) is 11.4. The lowest BCUT2D eigenvalue weighted by atomic mass is 10.1. The molecule has 2 aromatic carbocycles. The van der Waals surface area contributed by atoms with Crippen LogP contribution < -0.4 is 9.47 Å². The van der Waals surface area contributed by atoms with E-state index in [-0.39, 0.29) is 5.82 Å². The number of hydrogen-bond acceptors (Lipinski definition) is 5. The van der Waals surface area contributed by atoms with Gasteiger partial charge in [0.15, 0.2) is 11.5 Å². The predicted octanol–water partition coefficient (Wildman–Crippen LogP) is 4.36. The van der Waals surface area contributed by atoms with Crippen molar-refractivity contribution in [2.24, 2.45) is 0 Å². The number of rotatable bonds is 5. The molecule has 0 spiro atoms. The molecule has 0 N–H and O–H groups in total. The SMILES string of the molecule is COc1ccc(Cc2nc(-c3ccc(C(F)(F)F)cc3)no2)cc1OC. The highest BCUT2D eigenvalue weighted by molar-refractivity contribution is 5.55. The Balaban J connectivity index is 1.78. The third kappa shape index (κ3) is 3.79. The van der Waals surface area contributed by atoms with E-state index in [9.17, 15) is 13.2 Å². The second-order valence-corrected chi connectivity index (χ2v) is 5.45. The van der Waals surface area contributed by atoms with E-state index >= 15 is 0 Å². The van der Waals surface area contributed by atoms with Crippen molar-refractivity contribution < 1.29 is 27.2 Å². The van der Waals surface area contributed by atoms with Gasteiger partial charge in [-0.3, -0.25) is 0 Å². The number of nitrogens with zero attached hydrogens (tertiary/aromatic N) is 2. The van der Waals surface area contributed by atoms with Crippen LogP contribution in [0, 0.1) is 0 Å². The van der Waals surface area contributed by atoms with Gasteiger partial charge in [0.2, 0.25) is 11.7 Å². The van der Waals surface area contributed by atoms with Crippen molar-refractivity contribution in [3.8, 4) is 22.9 Å². The molecule has 1 heterocycles. The lowest BCUT2D eigenvalue weighted by Crippen LogP contribution is -2.04. The molecule has 0 aliphatic carbocycles. The van der Waals surface area contributed by atoms with Crippen LogP contribution in [0.4, 0.5) is 13.2 Å². The van der Waals surface area contributed by atoms with E-state index in [4.69, 9.17) is 14.0 Å². The van der Waals surface area contributed by atoms with Gasteiger partial charge in [-0.25, -0.2) is 0 Å². The maximum Gasteiger partial charge on any atom is 0.416 e. The van der Waals surface area contributed by atoms with Crippen LogP contribution in [0.25, 0.3) is 11.4 Å². The fourth-order valence-corrected chi connectivity index (χ4v) is 2.42. The summed E-state index contributed by atoms with van der Waals surface area (Å²) in [6.45, 7) is 0. The Labute approximate surface area is 147 Å². The molecule has 26 heavy (non-hydrogen) atoms. The number of ether oxygens (including phenoxy) is 2. The number of alkyl halides is 3. The van der Waals surface area contributed by atoms with E-state index in [0.29, 0.717) is 29.4 Å². The highest BCUT2D eigenvalue weighted by Crippen LogP contribution is 2.31. The van der Waals surface area contributed by atoms with Gasteiger partial charge < -0.3 is 14.0 Å². The van der Waals surface area contributed by atoms with Gasteiger partial charge in [-0.05, 0) is 29.8 Å². The molecule has 0 saturated carbocycles. The highest BCUT2D eigenvalue weighted by atomic mass is 19.4. The summed E-state index contributed by atoms with van der Waals surface area (Å²) in [7, 11) is 3.09. The average Bonchev–Trinajstić information content (AvgIpc) is 3.09. The van der Waals surface area contributed by atoms with E-state index in [1.165, 1.54) is 19.2 Å². The largest absolute Gasteiger partial charge is 0.493 e. The van der Waals surface area contributed by atoms with Crippen molar-refractivity contribution in [1.29, 1.82) is 0 Å².